The third-order valence-corrected chi connectivity index (χ3v) is 3.65. The van der Waals surface area contributed by atoms with Crippen molar-refractivity contribution in [3.05, 3.63) is 48.4 Å². The summed E-state index contributed by atoms with van der Waals surface area (Å²) in [5, 5.41) is 12.7. The van der Waals surface area contributed by atoms with Gasteiger partial charge >= 0.3 is 0 Å². The highest BCUT2D eigenvalue weighted by Gasteiger charge is 2.23. The van der Waals surface area contributed by atoms with Crippen LogP contribution in [0.25, 0.3) is 0 Å². The quantitative estimate of drug-likeness (QED) is 0.934. The van der Waals surface area contributed by atoms with Crippen molar-refractivity contribution < 1.29 is 0 Å². The Bertz CT molecular complexity index is 635. The number of anilines is 2. The van der Waals surface area contributed by atoms with E-state index in [0.29, 0.717) is 17.6 Å². The maximum Gasteiger partial charge on any atom is 0.183 e. The van der Waals surface area contributed by atoms with Gasteiger partial charge in [0.15, 0.2) is 11.5 Å². The summed E-state index contributed by atoms with van der Waals surface area (Å²) >= 11 is 0. The van der Waals surface area contributed by atoms with Crippen LogP contribution in [0, 0.1) is 11.3 Å². The lowest BCUT2D eigenvalue weighted by atomic mass is 10.0. The molecule has 1 aromatic carbocycles. The van der Waals surface area contributed by atoms with E-state index >= 15 is 0 Å². The minimum Gasteiger partial charge on any atom is -0.381 e. The smallest absolute Gasteiger partial charge is 0.183 e. The summed E-state index contributed by atoms with van der Waals surface area (Å²) in [5.74, 6) is 0.694. The van der Waals surface area contributed by atoms with Crippen molar-refractivity contribution in [3.8, 4) is 6.07 Å². The number of nitriles is 1. The number of hydrogen-bond acceptors (Lipinski definition) is 5. The lowest BCUT2D eigenvalue weighted by molar-refractivity contribution is 0.526. The Morgan fingerprint density at radius 3 is 2.81 bits per heavy atom. The highest BCUT2D eigenvalue weighted by atomic mass is 15.2. The largest absolute Gasteiger partial charge is 0.381 e. The van der Waals surface area contributed by atoms with E-state index < -0.39 is 0 Å². The first-order valence-corrected chi connectivity index (χ1v) is 7.14. The van der Waals surface area contributed by atoms with Crippen LogP contribution < -0.4 is 10.2 Å². The van der Waals surface area contributed by atoms with Crippen LogP contribution in [0.15, 0.2) is 42.7 Å². The third-order valence-electron chi connectivity index (χ3n) is 3.65. The topological polar surface area (TPSA) is 64.8 Å². The zero-order valence-corrected chi connectivity index (χ0v) is 11.7. The molecule has 2 aromatic rings. The highest BCUT2D eigenvalue weighted by molar-refractivity contribution is 5.51. The average molecular weight is 279 g/mol. The van der Waals surface area contributed by atoms with Gasteiger partial charge in [-0.05, 0) is 25.0 Å². The van der Waals surface area contributed by atoms with Gasteiger partial charge in [-0.15, -0.1) is 0 Å². The van der Waals surface area contributed by atoms with Crippen molar-refractivity contribution in [2.45, 2.75) is 18.9 Å². The number of nitrogens with one attached hydrogen (secondary N) is 1. The molecule has 0 aliphatic carbocycles. The Labute approximate surface area is 124 Å². The Morgan fingerprint density at radius 2 is 2.00 bits per heavy atom. The molecule has 0 spiro atoms. The molecule has 0 amide bonds. The van der Waals surface area contributed by atoms with Crippen molar-refractivity contribution in [1.82, 2.24) is 9.97 Å². The van der Waals surface area contributed by atoms with Crippen LogP contribution in [-0.4, -0.2) is 29.1 Å². The second-order valence-electron chi connectivity index (χ2n) is 5.14. The number of piperidine rings is 1. The van der Waals surface area contributed by atoms with Crippen molar-refractivity contribution >= 4 is 11.5 Å². The number of rotatable bonds is 3. The van der Waals surface area contributed by atoms with Gasteiger partial charge in [-0.2, -0.15) is 5.26 Å². The van der Waals surface area contributed by atoms with Gasteiger partial charge in [-0.25, -0.2) is 9.97 Å². The first-order valence-electron chi connectivity index (χ1n) is 7.14. The summed E-state index contributed by atoms with van der Waals surface area (Å²) < 4.78 is 0. The van der Waals surface area contributed by atoms with Crippen LogP contribution in [0.2, 0.25) is 0 Å². The molecule has 3 rings (SSSR count). The summed E-state index contributed by atoms with van der Waals surface area (Å²) in [7, 11) is 0. The van der Waals surface area contributed by atoms with E-state index in [4.69, 9.17) is 5.26 Å². The fourth-order valence-corrected chi connectivity index (χ4v) is 2.70. The number of aromatic nitrogens is 2. The van der Waals surface area contributed by atoms with E-state index in [-0.39, 0.29) is 0 Å². The van der Waals surface area contributed by atoms with Crippen LogP contribution >= 0.6 is 0 Å². The maximum absolute atomic E-state index is 9.16. The lowest BCUT2D eigenvalue weighted by Gasteiger charge is -2.34. The van der Waals surface area contributed by atoms with Gasteiger partial charge in [0, 0.05) is 37.2 Å². The molecule has 0 bridgehead atoms. The van der Waals surface area contributed by atoms with Gasteiger partial charge < -0.3 is 10.2 Å². The van der Waals surface area contributed by atoms with Gasteiger partial charge in [0.25, 0.3) is 0 Å². The molecule has 1 N–H and O–H groups in total. The molecular formula is C16H17N5. The number of nitrogens with zero attached hydrogens (tertiary/aromatic N) is 4. The monoisotopic (exact) mass is 279 g/mol. The zero-order chi connectivity index (χ0) is 14.5. The molecule has 1 aromatic heterocycles. The molecule has 5 nitrogen and oxygen atoms in total. The van der Waals surface area contributed by atoms with E-state index in [1.54, 1.807) is 12.4 Å². The van der Waals surface area contributed by atoms with E-state index in [1.165, 1.54) is 0 Å². The molecule has 1 saturated heterocycles. The second-order valence-corrected chi connectivity index (χ2v) is 5.14. The Balaban J connectivity index is 1.73. The maximum atomic E-state index is 9.16. The standard InChI is InChI=1S/C16H17N5/c17-11-15-16(19-9-8-18-15)21-10-4-7-14(12-21)20-13-5-2-1-3-6-13/h1-3,5-6,8-9,14,20H,4,7,10,12H2. The summed E-state index contributed by atoms with van der Waals surface area (Å²) in [4.78, 5) is 10.6. The normalized spacial score (nSPS) is 18.0. The molecule has 21 heavy (non-hydrogen) atoms. The number of para-hydroxylation sites is 1. The SMILES string of the molecule is N#Cc1nccnc1N1CCCC(Nc2ccccc2)C1. The first-order chi connectivity index (χ1) is 10.4. The lowest BCUT2D eigenvalue weighted by Crippen LogP contribution is -2.43. The summed E-state index contributed by atoms with van der Waals surface area (Å²) in [5.41, 5.74) is 1.53. The summed E-state index contributed by atoms with van der Waals surface area (Å²) in [6.45, 7) is 1.75. The van der Waals surface area contributed by atoms with E-state index in [2.05, 4.69) is 38.4 Å². The summed E-state index contributed by atoms with van der Waals surface area (Å²) in [6, 6.07) is 12.7. The third kappa shape index (κ3) is 3.11. The van der Waals surface area contributed by atoms with Crippen LogP contribution in [-0.2, 0) is 0 Å². The minimum absolute atomic E-state index is 0.356. The number of benzene rings is 1. The molecule has 1 unspecified atom stereocenters. The Morgan fingerprint density at radius 1 is 1.19 bits per heavy atom. The summed E-state index contributed by atoms with van der Waals surface area (Å²) in [6.07, 6.45) is 5.40. The second kappa shape index (κ2) is 6.23. The van der Waals surface area contributed by atoms with Gasteiger partial charge in [0.2, 0.25) is 0 Å². The minimum atomic E-state index is 0.356. The fraction of sp³-hybridized carbons (Fsp3) is 0.312. The molecular weight excluding hydrogens is 262 g/mol. The molecule has 1 aliphatic heterocycles. The van der Waals surface area contributed by atoms with Gasteiger partial charge in [0.05, 0.1) is 0 Å². The molecule has 1 fully saturated rings. The zero-order valence-electron chi connectivity index (χ0n) is 11.7. The predicted octanol–water partition coefficient (Wildman–Crippen LogP) is 2.43. The van der Waals surface area contributed by atoms with Gasteiger partial charge in [0.1, 0.15) is 6.07 Å². The molecule has 1 aliphatic rings. The predicted molar refractivity (Wildman–Crippen MR) is 82.0 cm³/mol. The molecule has 1 atom stereocenters. The molecule has 5 heteroatoms. The van der Waals surface area contributed by atoms with E-state index in [9.17, 15) is 0 Å². The van der Waals surface area contributed by atoms with Crippen LogP contribution in [0.1, 0.15) is 18.5 Å². The van der Waals surface area contributed by atoms with Crippen LogP contribution in [0.5, 0.6) is 0 Å². The van der Waals surface area contributed by atoms with Gasteiger partial charge in [-0.1, -0.05) is 18.2 Å². The average Bonchev–Trinajstić information content (AvgIpc) is 2.56. The Hall–Kier alpha value is -2.61. The van der Waals surface area contributed by atoms with Crippen LogP contribution in [0.3, 0.4) is 0 Å². The van der Waals surface area contributed by atoms with Crippen molar-refractivity contribution in [2.24, 2.45) is 0 Å². The van der Waals surface area contributed by atoms with Crippen molar-refractivity contribution in [3.63, 3.8) is 0 Å². The fourth-order valence-electron chi connectivity index (χ4n) is 2.70. The van der Waals surface area contributed by atoms with Gasteiger partial charge in [-0.3, -0.25) is 0 Å². The molecule has 2 heterocycles. The molecule has 0 saturated carbocycles. The highest BCUT2D eigenvalue weighted by Crippen LogP contribution is 2.21. The molecule has 0 radical (unpaired) electrons. The molecule has 106 valence electrons. The van der Waals surface area contributed by atoms with E-state index in [1.807, 2.05) is 18.2 Å². The number of hydrogen-bond donors (Lipinski definition) is 1. The van der Waals surface area contributed by atoms with Crippen LogP contribution in [0.4, 0.5) is 11.5 Å². The Kier molecular flexibility index (Phi) is 3.97. The first kappa shape index (κ1) is 13.4. The van der Waals surface area contributed by atoms with Crippen molar-refractivity contribution in [1.29, 1.82) is 5.26 Å². The van der Waals surface area contributed by atoms with Crippen molar-refractivity contribution in [2.75, 3.05) is 23.3 Å². The van der Waals surface area contributed by atoms with E-state index in [0.717, 1.165) is 31.6 Å².